The normalized spacial score (nSPS) is 14.3. The zero-order chi connectivity index (χ0) is 59.9. The highest BCUT2D eigenvalue weighted by Crippen LogP contribution is 2.20. The molecule has 0 saturated carbocycles. The Morgan fingerprint density at radius 3 is 1.58 bits per heavy atom. The number of H-pyrrole nitrogens is 1. The largest absolute Gasteiger partial charge is 0.508 e. The molecule has 81 heavy (non-hydrogen) atoms. The Morgan fingerprint density at radius 2 is 1.01 bits per heavy atom. The van der Waals surface area contributed by atoms with E-state index >= 15 is 0 Å². The van der Waals surface area contributed by atoms with Gasteiger partial charge in [0.2, 0.25) is 59.1 Å². The smallest absolute Gasteiger partial charge is 0.326 e. The number of carboxylic acid groups (broad SMARTS) is 2. The maximum absolute atomic E-state index is 14.2. The number of aliphatic hydroxyl groups excluding tert-OH is 3. The maximum atomic E-state index is 14.2. The summed E-state index contributed by atoms with van der Waals surface area (Å²) in [6.07, 6.45) is -2.77. The van der Waals surface area contributed by atoms with E-state index in [2.05, 4.69) is 52.8 Å². The summed E-state index contributed by atoms with van der Waals surface area (Å²) in [7, 11) is 0. The molecular formula is C51H64N12O18. The van der Waals surface area contributed by atoms with Crippen LogP contribution >= 0.6 is 0 Å². The predicted octanol–water partition coefficient (Wildman–Crippen LogP) is -6.35. The molecule has 0 aliphatic carbocycles. The molecule has 10 amide bonds. The van der Waals surface area contributed by atoms with Crippen molar-refractivity contribution in [2.24, 2.45) is 11.5 Å². The van der Waals surface area contributed by atoms with Gasteiger partial charge in [-0.05, 0) is 41.8 Å². The number of aromatic amines is 1. The van der Waals surface area contributed by atoms with Crippen LogP contribution in [0.2, 0.25) is 0 Å². The fourth-order valence-electron chi connectivity index (χ4n) is 7.84. The SMILES string of the molecule is C[C@@H](O)[C@H](NC(=O)[C@H](Cc1ccccc1)NC(=O)[C@H](CO)NC(=O)[C@H](CC(=O)O)NC(=O)CN)C(=O)N[C@@H](CO)C(=O)NCC(=O)N[C@@H](Cc1ccc(O)cc1)C(=O)N[C@@H](Cc1c[nH]c2ccccc12)C(=O)N[C@@H](CC(N)=O)C(=O)O. The van der Waals surface area contributed by atoms with Crippen molar-refractivity contribution < 1.29 is 88.2 Å². The van der Waals surface area contributed by atoms with Gasteiger partial charge in [0, 0.05) is 36.4 Å². The number of hydrogen-bond donors (Lipinski definition) is 18. The maximum Gasteiger partial charge on any atom is 0.326 e. The Labute approximate surface area is 460 Å². The van der Waals surface area contributed by atoms with Gasteiger partial charge in [0.1, 0.15) is 54.1 Å². The molecule has 0 unspecified atom stereocenters. The van der Waals surface area contributed by atoms with Crippen LogP contribution in [0.3, 0.4) is 0 Å². The molecule has 20 N–H and O–H groups in total. The Morgan fingerprint density at radius 1 is 0.531 bits per heavy atom. The zero-order valence-corrected chi connectivity index (χ0v) is 43.4. The van der Waals surface area contributed by atoms with Crippen LogP contribution < -0.4 is 59.3 Å². The molecule has 4 rings (SSSR count). The zero-order valence-electron chi connectivity index (χ0n) is 43.4. The van der Waals surface area contributed by atoms with E-state index < -0.39 is 165 Å². The lowest BCUT2D eigenvalue weighted by molar-refractivity contribution is -0.143. The molecule has 0 spiro atoms. The van der Waals surface area contributed by atoms with E-state index in [4.69, 9.17) is 11.5 Å². The number of carbonyl (C=O) groups is 12. The molecule has 0 radical (unpaired) electrons. The van der Waals surface area contributed by atoms with Gasteiger partial charge in [-0.3, -0.25) is 52.7 Å². The first-order chi connectivity index (χ1) is 38.4. The van der Waals surface area contributed by atoms with Gasteiger partial charge in [-0.1, -0.05) is 60.7 Å². The van der Waals surface area contributed by atoms with Gasteiger partial charge < -0.3 is 94.9 Å². The lowest BCUT2D eigenvalue weighted by atomic mass is 10.0. The molecule has 0 aliphatic heterocycles. The fourth-order valence-corrected chi connectivity index (χ4v) is 7.84. The van der Waals surface area contributed by atoms with Crippen molar-refractivity contribution in [3.8, 4) is 5.75 Å². The van der Waals surface area contributed by atoms with Gasteiger partial charge in [0.15, 0.2) is 0 Å². The van der Waals surface area contributed by atoms with Crippen LogP contribution in [0.25, 0.3) is 10.9 Å². The molecule has 0 saturated heterocycles. The summed E-state index contributed by atoms with van der Waals surface area (Å²) in [6.45, 7) is -2.70. The first kappa shape index (κ1) is 64.0. The Balaban J connectivity index is 1.49. The summed E-state index contributed by atoms with van der Waals surface area (Å²) in [4.78, 5) is 159. The minimum Gasteiger partial charge on any atom is -0.508 e. The lowest BCUT2D eigenvalue weighted by Crippen LogP contribution is -2.62. The highest BCUT2D eigenvalue weighted by molar-refractivity contribution is 5.99. The first-order valence-corrected chi connectivity index (χ1v) is 24.8. The number of hydrogen-bond acceptors (Lipinski definition) is 17. The molecule has 1 aromatic heterocycles. The minimum absolute atomic E-state index is 0.142. The number of amides is 10. The molecule has 3 aromatic carbocycles. The molecule has 1 heterocycles. The molecule has 0 aliphatic rings. The number of nitrogens with two attached hydrogens (primary N) is 2. The third-order valence-corrected chi connectivity index (χ3v) is 12.0. The van der Waals surface area contributed by atoms with Crippen molar-refractivity contribution in [3.05, 3.63) is 102 Å². The number of para-hydroxylation sites is 1. The number of aliphatic hydroxyl groups is 3. The molecule has 0 fully saturated rings. The monoisotopic (exact) mass is 1130 g/mol. The number of aromatic hydroxyl groups is 1. The number of carbonyl (C=O) groups excluding carboxylic acids is 10. The molecule has 9 atom stereocenters. The lowest BCUT2D eigenvalue weighted by Gasteiger charge is -2.27. The van der Waals surface area contributed by atoms with Crippen molar-refractivity contribution in [1.82, 2.24) is 52.8 Å². The third kappa shape index (κ3) is 20.3. The molecule has 4 aromatic rings. The van der Waals surface area contributed by atoms with Gasteiger partial charge in [0.05, 0.1) is 45.2 Å². The number of phenolic OH excluding ortho intramolecular Hbond substituents is 1. The van der Waals surface area contributed by atoms with Crippen LogP contribution in [-0.2, 0) is 76.8 Å². The summed E-state index contributed by atoms with van der Waals surface area (Å²) >= 11 is 0. The van der Waals surface area contributed by atoms with Crippen LogP contribution in [-0.4, -0.2) is 187 Å². The standard InChI is InChI=1S/C51H64N12O18/c1-25(66)43(63-48(77)33(15-26-7-3-2-4-8-26)58-49(78)38(24-65)61-47(76)35(19-42(71)72)56-40(69)20-52)50(79)62-37(23-64)44(73)55-22-41(70)57-32(16-27-11-13-29(67)14-12-27)45(74)59-34(46(75)60-36(51(80)81)18-39(53)68)17-28-21-54-31-10-6-5-9-30(28)31/h2-14,21,25,32-38,43,54,64-67H,15-20,22-24,52H2,1H3,(H2,53,68)(H,55,73)(H,56,69)(H,57,70)(H,58,78)(H,59,74)(H,60,75)(H,61,76)(H,62,79)(H,63,77)(H,71,72)(H,80,81)/t25-,32+,33+,34+,35+,36+,37+,38+,43+/m1/s1. The Hall–Kier alpha value is -9.52. The highest BCUT2D eigenvalue weighted by Gasteiger charge is 2.36. The van der Waals surface area contributed by atoms with E-state index in [1.807, 2.05) is 0 Å². The van der Waals surface area contributed by atoms with Gasteiger partial charge in [0.25, 0.3) is 0 Å². The van der Waals surface area contributed by atoms with Gasteiger partial charge >= 0.3 is 11.9 Å². The summed E-state index contributed by atoms with van der Waals surface area (Å²) in [5.74, 6) is -14.3. The highest BCUT2D eigenvalue weighted by atomic mass is 16.4. The second-order valence-corrected chi connectivity index (χ2v) is 18.3. The number of nitrogens with one attached hydrogen (secondary N) is 10. The van der Waals surface area contributed by atoms with Crippen LogP contribution in [0, 0.1) is 0 Å². The van der Waals surface area contributed by atoms with E-state index in [1.54, 1.807) is 60.8 Å². The number of aromatic nitrogens is 1. The first-order valence-electron chi connectivity index (χ1n) is 24.8. The van der Waals surface area contributed by atoms with E-state index in [-0.39, 0.29) is 25.0 Å². The summed E-state index contributed by atoms with van der Waals surface area (Å²) in [6, 6.07) is 6.37. The Bertz CT molecular complexity index is 2900. The van der Waals surface area contributed by atoms with Crippen molar-refractivity contribution in [3.63, 3.8) is 0 Å². The van der Waals surface area contributed by atoms with Crippen LogP contribution in [0.4, 0.5) is 0 Å². The van der Waals surface area contributed by atoms with Gasteiger partial charge in [-0.15, -0.1) is 0 Å². The van der Waals surface area contributed by atoms with Crippen LogP contribution in [0.15, 0.2) is 85.1 Å². The van der Waals surface area contributed by atoms with E-state index in [1.165, 1.54) is 24.3 Å². The Kier molecular flexibility index (Phi) is 24.6. The van der Waals surface area contributed by atoms with Crippen LogP contribution in [0.1, 0.15) is 36.5 Å². The van der Waals surface area contributed by atoms with Gasteiger partial charge in [-0.25, -0.2) is 4.79 Å². The second-order valence-electron chi connectivity index (χ2n) is 18.3. The summed E-state index contributed by atoms with van der Waals surface area (Å²) in [5.41, 5.74) is 12.4. The number of primary amides is 1. The number of fused-ring (bicyclic) bond motifs is 1. The second kappa shape index (κ2) is 31.2. The number of benzene rings is 3. The molecular weight excluding hydrogens is 1070 g/mol. The summed E-state index contributed by atoms with van der Waals surface area (Å²) < 4.78 is 0. The number of phenols is 1. The predicted molar refractivity (Wildman–Crippen MR) is 281 cm³/mol. The van der Waals surface area contributed by atoms with E-state index in [0.717, 1.165) is 6.92 Å². The number of rotatable bonds is 32. The van der Waals surface area contributed by atoms with Crippen molar-refractivity contribution in [2.45, 2.75) is 93.5 Å². The molecule has 0 bridgehead atoms. The third-order valence-electron chi connectivity index (χ3n) is 12.0. The van der Waals surface area contributed by atoms with Crippen molar-refractivity contribution >= 4 is 81.9 Å². The van der Waals surface area contributed by atoms with E-state index in [9.17, 15) is 88.2 Å². The van der Waals surface area contributed by atoms with Crippen LogP contribution in [0.5, 0.6) is 5.75 Å². The fraction of sp³-hybridized carbons (Fsp3) is 0.373. The average Bonchev–Trinajstić information content (AvgIpc) is 3.84. The van der Waals surface area contributed by atoms with E-state index in [0.29, 0.717) is 27.6 Å². The number of carboxylic acids is 2. The molecule has 30 nitrogen and oxygen atoms in total. The molecule has 30 heteroatoms. The average molecular weight is 1130 g/mol. The summed E-state index contributed by atoms with van der Waals surface area (Å²) in [5, 5.41) is 80.7. The topological polar surface area (TPSA) is 502 Å². The number of aliphatic carboxylic acids is 2. The van der Waals surface area contributed by atoms with Crippen molar-refractivity contribution in [2.75, 3.05) is 26.3 Å². The van der Waals surface area contributed by atoms with Gasteiger partial charge in [-0.2, -0.15) is 0 Å². The quantitative estimate of drug-likeness (QED) is 0.0216. The minimum atomic E-state index is -1.92. The molecule has 436 valence electrons. The van der Waals surface area contributed by atoms with Crippen molar-refractivity contribution in [1.29, 1.82) is 0 Å².